The maximum Gasteiger partial charge on any atom is 0.178 e. The van der Waals surface area contributed by atoms with Crippen molar-refractivity contribution in [3.8, 4) is 33.9 Å². The first-order valence-corrected chi connectivity index (χ1v) is 9.63. The minimum Gasteiger partial charge on any atom is -0.507 e. The van der Waals surface area contributed by atoms with Gasteiger partial charge < -0.3 is 14.4 Å². The summed E-state index contributed by atoms with van der Waals surface area (Å²) in [5.41, 5.74) is 4.24. The Balaban J connectivity index is 1.63. The second kappa shape index (κ2) is 7.90. The average Bonchev–Trinajstić information content (AvgIpc) is 3.09. The molecule has 0 saturated heterocycles. The van der Waals surface area contributed by atoms with Crippen LogP contribution in [0.5, 0.6) is 11.5 Å². The van der Waals surface area contributed by atoms with Crippen LogP contribution < -0.4 is 4.74 Å². The molecule has 0 fully saturated rings. The molecule has 1 N–H and O–H groups in total. The van der Waals surface area contributed by atoms with Gasteiger partial charge in [-0.2, -0.15) is 0 Å². The van der Waals surface area contributed by atoms with Crippen molar-refractivity contribution in [3.63, 3.8) is 0 Å². The molecule has 140 valence electrons. The number of benzene rings is 3. The van der Waals surface area contributed by atoms with Crippen LogP contribution >= 0.6 is 15.9 Å². The normalized spacial score (nSPS) is 10.8. The van der Waals surface area contributed by atoms with Crippen LogP contribution in [0.4, 0.5) is 0 Å². The summed E-state index contributed by atoms with van der Waals surface area (Å²) in [5, 5.41) is 14.7. The van der Waals surface area contributed by atoms with Crippen LogP contribution in [0.1, 0.15) is 11.3 Å². The Morgan fingerprint density at radius 2 is 1.75 bits per heavy atom. The molecule has 0 unspecified atom stereocenters. The fraction of sp³-hybridized carbons (Fsp3) is 0.0870. The lowest BCUT2D eigenvalue weighted by Gasteiger charge is -2.09. The molecule has 0 aliphatic heterocycles. The first kappa shape index (κ1) is 18.3. The van der Waals surface area contributed by atoms with E-state index in [9.17, 15) is 5.11 Å². The number of rotatable bonds is 5. The number of hydrogen-bond donors (Lipinski definition) is 1. The third-order valence-electron chi connectivity index (χ3n) is 4.46. The van der Waals surface area contributed by atoms with Gasteiger partial charge in [0.05, 0.1) is 16.8 Å². The van der Waals surface area contributed by atoms with Crippen molar-refractivity contribution in [1.29, 1.82) is 0 Å². The van der Waals surface area contributed by atoms with E-state index in [-0.39, 0.29) is 5.75 Å². The first-order valence-electron chi connectivity index (χ1n) is 8.84. The molecule has 4 rings (SSSR count). The van der Waals surface area contributed by atoms with Gasteiger partial charge in [0, 0.05) is 10.5 Å². The number of ether oxygens (including phenoxy) is 1. The highest BCUT2D eigenvalue weighted by atomic mass is 79.9. The molecular formula is C23H18BrNO3. The van der Waals surface area contributed by atoms with E-state index in [0.717, 1.165) is 26.9 Å². The Hall–Kier alpha value is -3.05. The van der Waals surface area contributed by atoms with Gasteiger partial charge in [-0.3, -0.25) is 0 Å². The minimum absolute atomic E-state index is 0.0834. The quantitative estimate of drug-likeness (QED) is 0.395. The summed E-state index contributed by atoms with van der Waals surface area (Å²) in [6.45, 7) is 2.32. The van der Waals surface area contributed by atoms with Gasteiger partial charge in [0.25, 0.3) is 0 Å². The zero-order chi connectivity index (χ0) is 19.5. The summed E-state index contributed by atoms with van der Waals surface area (Å²) in [6, 6.07) is 23.0. The monoisotopic (exact) mass is 435 g/mol. The highest BCUT2D eigenvalue weighted by Crippen LogP contribution is 2.40. The number of hydrogen-bond acceptors (Lipinski definition) is 4. The van der Waals surface area contributed by atoms with E-state index >= 15 is 0 Å². The van der Waals surface area contributed by atoms with Crippen molar-refractivity contribution >= 4 is 15.9 Å². The number of aryl methyl sites for hydroxylation is 1. The highest BCUT2D eigenvalue weighted by Gasteiger charge is 2.20. The maximum absolute atomic E-state index is 10.6. The van der Waals surface area contributed by atoms with Gasteiger partial charge in [0.2, 0.25) is 0 Å². The van der Waals surface area contributed by atoms with E-state index in [1.807, 2.05) is 67.6 Å². The van der Waals surface area contributed by atoms with Gasteiger partial charge in [0.15, 0.2) is 5.76 Å². The van der Waals surface area contributed by atoms with Crippen LogP contribution in [-0.4, -0.2) is 10.3 Å². The molecule has 0 amide bonds. The number of aromatic nitrogens is 1. The molecule has 3 aromatic carbocycles. The molecule has 0 spiro atoms. The molecule has 4 nitrogen and oxygen atoms in total. The Kier molecular flexibility index (Phi) is 5.17. The minimum atomic E-state index is 0.0834. The SMILES string of the molecule is Cc1noc(-c2ccc(OCc3ccccc3)cc2O)c1-c1ccc(Br)cc1. The molecule has 0 atom stereocenters. The van der Waals surface area contributed by atoms with Gasteiger partial charge in [0.1, 0.15) is 18.1 Å². The van der Waals surface area contributed by atoms with E-state index in [1.54, 1.807) is 12.1 Å². The standard InChI is InChI=1S/C23H18BrNO3/c1-15-22(17-7-9-18(24)10-8-17)23(28-25-15)20-12-11-19(13-21(20)26)27-14-16-5-3-2-4-6-16/h2-13,26H,14H2,1H3. The van der Waals surface area contributed by atoms with Crippen molar-refractivity contribution in [3.05, 3.63) is 88.5 Å². The van der Waals surface area contributed by atoms with Crippen LogP contribution in [0, 0.1) is 6.92 Å². The summed E-state index contributed by atoms with van der Waals surface area (Å²) in [7, 11) is 0. The molecule has 5 heteroatoms. The molecule has 1 heterocycles. The Bertz CT molecular complexity index is 1090. The van der Waals surface area contributed by atoms with E-state index in [0.29, 0.717) is 23.7 Å². The predicted molar refractivity (Wildman–Crippen MR) is 112 cm³/mol. The Labute approximate surface area is 171 Å². The zero-order valence-electron chi connectivity index (χ0n) is 15.2. The highest BCUT2D eigenvalue weighted by molar-refractivity contribution is 9.10. The van der Waals surface area contributed by atoms with Gasteiger partial charge in [-0.15, -0.1) is 0 Å². The molecule has 4 aromatic rings. The molecule has 0 saturated carbocycles. The van der Waals surface area contributed by atoms with Crippen LogP contribution in [-0.2, 0) is 6.61 Å². The van der Waals surface area contributed by atoms with Crippen molar-refractivity contribution in [2.75, 3.05) is 0 Å². The smallest absolute Gasteiger partial charge is 0.178 e. The third-order valence-corrected chi connectivity index (χ3v) is 4.99. The largest absolute Gasteiger partial charge is 0.507 e. The predicted octanol–water partition coefficient (Wildman–Crippen LogP) is 6.36. The molecule has 0 aliphatic carbocycles. The van der Waals surface area contributed by atoms with Crippen LogP contribution in [0.3, 0.4) is 0 Å². The molecule has 28 heavy (non-hydrogen) atoms. The van der Waals surface area contributed by atoms with Crippen LogP contribution in [0.15, 0.2) is 81.8 Å². The van der Waals surface area contributed by atoms with Crippen molar-refractivity contribution < 1.29 is 14.4 Å². The molecule has 1 aromatic heterocycles. The zero-order valence-corrected chi connectivity index (χ0v) is 16.8. The number of phenolic OH excluding ortho intramolecular Hbond substituents is 1. The number of aromatic hydroxyl groups is 1. The van der Waals surface area contributed by atoms with Gasteiger partial charge in [-0.05, 0) is 42.3 Å². The summed E-state index contributed by atoms with van der Waals surface area (Å²) >= 11 is 3.45. The van der Waals surface area contributed by atoms with E-state index in [2.05, 4.69) is 21.1 Å². The lowest BCUT2D eigenvalue weighted by atomic mass is 9.99. The topological polar surface area (TPSA) is 55.5 Å². The summed E-state index contributed by atoms with van der Waals surface area (Å²) in [4.78, 5) is 0. The number of nitrogens with zero attached hydrogens (tertiary/aromatic N) is 1. The van der Waals surface area contributed by atoms with Gasteiger partial charge in [-0.1, -0.05) is 63.6 Å². The Morgan fingerprint density at radius 1 is 1.00 bits per heavy atom. The second-order valence-corrected chi connectivity index (χ2v) is 7.35. The first-order chi connectivity index (χ1) is 13.6. The molecule has 0 aliphatic rings. The van der Waals surface area contributed by atoms with Gasteiger partial charge >= 0.3 is 0 Å². The molecule has 0 radical (unpaired) electrons. The third kappa shape index (κ3) is 3.80. The summed E-state index contributed by atoms with van der Waals surface area (Å²) in [6.07, 6.45) is 0. The van der Waals surface area contributed by atoms with E-state index in [1.165, 1.54) is 0 Å². The van der Waals surface area contributed by atoms with Crippen LogP contribution in [0.25, 0.3) is 22.5 Å². The molecular weight excluding hydrogens is 418 g/mol. The summed E-state index contributed by atoms with van der Waals surface area (Å²) < 4.78 is 12.3. The Morgan fingerprint density at radius 3 is 2.46 bits per heavy atom. The fourth-order valence-corrected chi connectivity index (χ4v) is 3.31. The van der Waals surface area contributed by atoms with E-state index in [4.69, 9.17) is 9.26 Å². The maximum atomic E-state index is 10.6. The van der Waals surface area contributed by atoms with Crippen molar-refractivity contribution in [1.82, 2.24) is 5.16 Å². The lowest BCUT2D eigenvalue weighted by molar-refractivity contribution is 0.304. The van der Waals surface area contributed by atoms with Crippen molar-refractivity contribution in [2.45, 2.75) is 13.5 Å². The second-order valence-electron chi connectivity index (χ2n) is 6.43. The number of phenols is 1. The van der Waals surface area contributed by atoms with Gasteiger partial charge in [-0.25, -0.2) is 0 Å². The van der Waals surface area contributed by atoms with Crippen molar-refractivity contribution in [2.24, 2.45) is 0 Å². The lowest BCUT2D eigenvalue weighted by Crippen LogP contribution is -1.95. The summed E-state index contributed by atoms with van der Waals surface area (Å²) in [5.74, 6) is 1.21. The fourth-order valence-electron chi connectivity index (χ4n) is 3.04. The van der Waals surface area contributed by atoms with Crippen LogP contribution in [0.2, 0.25) is 0 Å². The molecule has 0 bridgehead atoms. The average molecular weight is 436 g/mol. The van der Waals surface area contributed by atoms with E-state index < -0.39 is 0 Å². The number of halogens is 1.